The molecule has 5 saturated heterocycles. The van der Waals surface area contributed by atoms with E-state index in [0.29, 0.717) is 35.5 Å². The Bertz CT molecular complexity index is 1020. The highest BCUT2D eigenvalue weighted by Crippen LogP contribution is 2.47. The van der Waals surface area contributed by atoms with E-state index < -0.39 is 48.9 Å². The van der Waals surface area contributed by atoms with Gasteiger partial charge < -0.3 is 11.0 Å². The summed E-state index contributed by atoms with van der Waals surface area (Å²) < 4.78 is 61.5. The minimum absolute atomic E-state index is 0. The normalized spacial score (nSPS) is 52.0. The van der Waals surface area contributed by atoms with Crippen molar-refractivity contribution in [3.05, 3.63) is 0 Å². The number of alkyl halides is 4. The lowest BCUT2D eigenvalue weighted by Gasteiger charge is -2.41. The topological polar surface area (TPSA) is 159 Å². The zero-order valence-electron chi connectivity index (χ0n) is 28.2. The Morgan fingerprint density at radius 1 is 0.294 bits per heavy atom. The third-order valence-corrected chi connectivity index (χ3v) is 13.9. The fourth-order valence-corrected chi connectivity index (χ4v) is 11.9. The second kappa shape index (κ2) is 19.2. The van der Waals surface area contributed by atoms with Crippen LogP contribution in [0.2, 0.25) is 0 Å². The Morgan fingerprint density at radius 2 is 0.471 bits per heavy atom. The molecule has 9 rings (SSSR count). The monoisotopic (exact) mass is 836 g/mol. The molecule has 12 N–H and O–H groups in total. The van der Waals surface area contributed by atoms with Crippen molar-refractivity contribution in [1.82, 2.24) is 42.5 Å². The van der Waals surface area contributed by atoms with Crippen LogP contribution < -0.4 is 42.5 Å². The highest BCUT2D eigenvalue weighted by molar-refractivity contribution is 5.86. The standard InChI is InChI=1S/C32H52F4N8.4ClH.2H2O.H4Si/c33-21-19-20(22(34)24(36)23(21)35)32-43-30-18-12-6-4-10-16(18)28(41-30)39-26-14-8-2-1-7-13(14)25(37-26)38-27-15-9-3-5-11-17(15)29(40-27)42-31(19)44-32;;;;;;;/h13-32,37-44H,1-12H2;4*1H;2*1H2;1H4. The third kappa shape index (κ3) is 8.12. The van der Waals surface area contributed by atoms with Gasteiger partial charge in [0.2, 0.25) is 0 Å². The van der Waals surface area contributed by atoms with Crippen LogP contribution in [-0.4, -0.2) is 95.9 Å². The van der Waals surface area contributed by atoms with Gasteiger partial charge in [0.05, 0.1) is 49.3 Å². The van der Waals surface area contributed by atoms with Gasteiger partial charge in [0, 0.05) is 11.8 Å². The molecule has 0 radical (unpaired) electrons. The summed E-state index contributed by atoms with van der Waals surface area (Å²) in [6.07, 6.45) is 3.98. The van der Waals surface area contributed by atoms with Crippen molar-refractivity contribution in [1.29, 1.82) is 0 Å². The molecular formula is C32H64Cl4F4N8O2Si. The lowest BCUT2D eigenvalue weighted by atomic mass is 9.74. The van der Waals surface area contributed by atoms with Crippen LogP contribution in [-0.2, 0) is 0 Å². The number of hydrogen-bond donors (Lipinski definition) is 8. The Kier molecular flexibility index (Phi) is 18.0. The molecule has 4 aliphatic carbocycles. The smallest absolute Gasteiger partial charge is 0.165 e. The average molecular weight is 839 g/mol. The molecule has 0 aromatic carbocycles. The first-order chi connectivity index (χ1) is 21.5. The van der Waals surface area contributed by atoms with Gasteiger partial charge in [-0.05, 0) is 85.0 Å². The maximum Gasteiger partial charge on any atom is 0.165 e. The predicted molar refractivity (Wildman–Crippen MR) is 206 cm³/mol. The largest absolute Gasteiger partial charge is 0.412 e. The van der Waals surface area contributed by atoms with Crippen molar-refractivity contribution in [2.24, 2.45) is 47.3 Å². The predicted octanol–water partition coefficient (Wildman–Crippen LogP) is 0.984. The van der Waals surface area contributed by atoms with Crippen LogP contribution in [0.5, 0.6) is 0 Å². The van der Waals surface area contributed by atoms with E-state index in [1.807, 2.05) is 0 Å². The van der Waals surface area contributed by atoms with Crippen molar-refractivity contribution < 1.29 is 28.5 Å². The molecule has 5 aliphatic heterocycles. The van der Waals surface area contributed by atoms with Crippen LogP contribution in [0.25, 0.3) is 0 Å². The molecule has 51 heavy (non-hydrogen) atoms. The fourth-order valence-electron chi connectivity index (χ4n) is 11.9. The molecule has 10 nitrogen and oxygen atoms in total. The highest BCUT2D eigenvalue weighted by atomic mass is 35.5. The molecule has 304 valence electrons. The molecule has 9 fully saturated rings. The summed E-state index contributed by atoms with van der Waals surface area (Å²) in [6, 6.07) is 0. The fraction of sp³-hybridized carbons (Fsp3) is 1.00. The van der Waals surface area contributed by atoms with E-state index in [2.05, 4.69) is 42.5 Å². The third-order valence-electron chi connectivity index (χ3n) is 13.9. The average Bonchev–Trinajstić information content (AvgIpc) is 3.78. The SMILES string of the molecule is Cl.Cl.Cl.Cl.FC1C(F)C(F)C2C3NC4NC(NC5NC(NC6NC(NC(N3)C2C1F)C1CCCCC61)C1CCCCC51)C1CCCCC41.O.O.[SiH4]. The number of hydrogen-bond acceptors (Lipinski definition) is 8. The van der Waals surface area contributed by atoms with E-state index in [9.17, 15) is 8.78 Å². The van der Waals surface area contributed by atoms with Gasteiger partial charge in [-0.25, -0.2) is 17.6 Å². The molecule has 8 bridgehead atoms. The molecule has 9 aliphatic rings. The molecule has 20 unspecified atom stereocenters. The van der Waals surface area contributed by atoms with E-state index in [4.69, 9.17) is 0 Å². The second-order valence-electron chi connectivity index (χ2n) is 15.9. The van der Waals surface area contributed by atoms with E-state index in [1.54, 1.807) is 0 Å². The summed E-state index contributed by atoms with van der Waals surface area (Å²) in [5.74, 6) is 0.629. The maximum absolute atomic E-state index is 15.8. The molecule has 19 heteroatoms. The van der Waals surface area contributed by atoms with E-state index in [1.165, 1.54) is 38.5 Å². The van der Waals surface area contributed by atoms with Gasteiger partial charge in [0.1, 0.15) is 12.3 Å². The quantitative estimate of drug-likeness (QED) is 0.133. The van der Waals surface area contributed by atoms with Crippen LogP contribution in [0.3, 0.4) is 0 Å². The molecule has 20 atom stereocenters. The summed E-state index contributed by atoms with van der Waals surface area (Å²) in [4.78, 5) is 0. The molecule has 0 aromatic rings. The number of fused-ring (bicyclic) bond motifs is 20. The first-order valence-corrected chi connectivity index (χ1v) is 18.1. The molecule has 5 heterocycles. The Balaban J connectivity index is 0.00000129. The summed E-state index contributed by atoms with van der Waals surface area (Å²) in [5.41, 5.74) is 0. The Labute approximate surface area is 328 Å². The van der Waals surface area contributed by atoms with Gasteiger partial charge in [0.15, 0.2) is 12.3 Å². The van der Waals surface area contributed by atoms with Crippen molar-refractivity contribution in [2.75, 3.05) is 0 Å². The molecular weight excluding hydrogens is 774 g/mol. The van der Waals surface area contributed by atoms with Gasteiger partial charge in [-0.1, -0.05) is 38.5 Å². The van der Waals surface area contributed by atoms with Gasteiger partial charge in [-0.2, -0.15) is 0 Å². The second-order valence-corrected chi connectivity index (χ2v) is 15.9. The summed E-state index contributed by atoms with van der Waals surface area (Å²) >= 11 is 0. The lowest BCUT2D eigenvalue weighted by Crippen LogP contribution is -2.62. The van der Waals surface area contributed by atoms with Crippen LogP contribution in [0.4, 0.5) is 17.6 Å². The molecule has 0 amide bonds. The number of halogens is 8. The highest BCUT2D eigenvalue weighted by Gasteiger charge is 2.63. The first kappa shape index (κ1) is 47.8. The zero-order valence-corrected chi connectivity index (χ0v) is 31.4. The minimum atomic E-state index is -2.45. The van der Waals surface area contributed by atoms with Crippen molar-refractivity contribution >= 4 is 60.6 Å². The molecule has 0 aromatic heterocycles. The first-order valence-electron chi connectivity index (χ1n) is 18.1. The Hall–Kier alpha value is 0.697. The van der Waals surface area contributed by atoms with Gasteiger partial charge in [0.25, 0.3) is 0 Å². The van der Waals surface area contributed by atoms with Gasteiger partial charge in [-0.3, -0.25) is 42.5 Å². The summed E-state index contributed by atoms with van der Waals surface area (Å²) in [7, 11) is 0. The molecule has 0 spiro atoms. The van der Waals surface area contributed by atoms with Crippen molar-refractivity contribution in [3.63, 3.8) is 0 Å². The summed E-state index contributed by atoms with van der Waals surface area (Å²) in [6.45, 7) is 0. The van der Waals surface area contributed by atoms with Crippen molar-refractivity contribution in [3.8, 4) is 0 Å². The maximum atomic E-state index is 15.8. The Morgan fingerprint density at radius 3 is 0.686 bits per heavy atom. The van der Waals surface area contributed by atoms with Crippen LogP contribution in [0.15, 0.2) is 0 Å². The molecule has 4 saturated carbocycles. The van der Waals surface area contributed by atoms with Crippen LogP contribution in [0, 0.1) is 47.3 Å². The van der Waals surface area contributed by atoms with Gasteiger partial charge >= 0.3 is 0 Å². The van der Waals surface area contributed by atoms with Crippen LogP contribution >= 0.6 is 49.6 Å². The van der Waals surface area contributed by atoms with E-state index in [0.717, 1.165) is 38.5 Å². The zero-order chi connectivity index (χ0) is 29.7. The lowest BCUT2D eigenvalue weighted by molar-refractivity contribution is -0.0799. The van der Waals surface area contributed by atoms with Gasteiger partial charge in [-0.15, -0.1) is 49.6 Å². The van der Waals surface area contributed by atoms with E-state index >= 15 is 8.78 Å². The number of rotatable bonds is 0. The van der Waals surface area contributed by atoms with Crippen molar-refractivity contribution in [2.45, 2.75) is 151 Å². The van der Waals surface area contributed by atoms with E-state index in [-0.39, 0.29) is 109 Å². The summed E-state index contributed by atoms with van der Waals surface area (Å²) in [5, 5.41) is 30.6. The van der Waals surface area contributed by atoms with Crippen LogP contribution in [0.1, 0.15) is 77.0 Å². The minimum Gasteiger partial charge on any atom is -0.412 e. The number of nitrogens with one attached hydrogen (secondary N) is 8.